The Balaban J connectivity index is 1.48. The van der Waals surface area contributed by atoms with Crippen LogP contribution >= 0.6 is 0 Å². The van der Waals surface area contributed by atoms with Crippen molar-refractivity contribution in [3.63, 3.8) is 0 Å². The van der Waals surface area contributed by atoms with Crippen molar-refractivity contribution in [1.82, 2.24) is 15.6 Å². The normalized spacial score (nSPS) is 11.5. The highest BCUT2D eigenvalue weighted by atomic mass is 16.5. The summed E-state index contributed by atoms with van der Waals surface area (Å²) >= 11 is 0. The number of aryl methyl sites for hydroxylation is 1. The number of benzene rings is 2. The topological polar surface area (TPSA) is 70.7 Å². The van der Waals surface area contributed by atoms with E-state index in [1.165, 1.54) is 22.0 Å². The average Bonchev–Trinajstić information content (AvgIpc) is 3.19. The number of guanidine groups is 1. The van der Waals surface area contributed by atoms with Gasteiger partial charge in [-0.3, -0.25) is 4.99 Å². The molecule has 0 aliphatic carbocycles. The molecule has 0 spiro atoms. The second kappa shape index (κ2) is 11.1. The maximum absolute atomic E-state index is 5.38. The van der Waals surface area contributed by atoms with E-state index < -0.39 is 0 Å². The lowest BCUT2D eigenvalue weighted by Gasteiger charge is -2.12. The van der Waals surface area contributed by atoms with Crippen molar-refractivity contribution in [1.29, 1.82) is 0 Å². The van der Waals surface area contributed by atoms with E-state index in [1.807, 2.05) is 12.1 Å². The van der Waals surface area contributed by atoms with E-state index in [2.05, 4.69) is 59.1 Å². The summed E-state index contributed by atoms with van der Waals surface area (Å²) in [5.41, 5.74) is 3.74. The molecule has 0 radical (unpaired) electrons. The first-order valence-corrected chi connectivity index (χ1v) is 10.5. The van der Waals surface area contributed by atoms with Crippen LogP contribution in [0.1, 0.15) is 24.5 Å². The standard InChI is InChI=1S/C24H32N4O2/c1-4-25-24(27-15-13-18-11-12-22(29-2)23(16-18)30-3)26-14-7-8-19-17-28-21-10-6-5-9-20(19)21/h5-6,9-12,16-17,28H,4,7-8,13-15H2,1-3H3,(H2,25,26,27). The van der Waals surface area contributed by atoms with E-state index in [9.17, 15) is 0 Å². The van der Waals surface area contributed by atoms with E-state index >= 15 is 0 Å². The summed E-state index contributed by atoms with van der Waals surface area (Å²) in [5.74, 6) is 2.36. The van der Waals surface area contributed by atoms with Gasteiger partial charge in [0.2, 0.25) is 0 Å². The minimum atomic E-state index is 0.749. The number of nitrogens with zero attached hydrogens (tertiary/aromatic N) is 1. The molecule has 0 aliphatic rings. The molecule has 30 heavy (non-hydrogen) atoms. The minimum absolute atomic E-state index is 0.749. The van der Waals surface area contributed by atoms with Gasteiger partial charge in [0.05, 0.1) is 14.2 Å². The van der Waals surface area contributed by atoms with Crippen molar-refractivity contribution in [2.75, 3.05) is 33.9 Å². The number of fused-ring (bicyclic) bond motifs is 1. The highest BCUT2D eigenvalue weighted by Crippen LogP contribution is 2.27. The van der Waals surface area contributed by atoms with E-state index in [1.54, 1.807) is 14.2 Å². The zero-order valence-electron chi connectivity index (χ0n) is 18.1. The number of H-pyrrole nitrogens is 1. The van der Waals surface area contributed by atoms with Crippen molar-refractivity contribution in [3.8, 4) is 11.5 Å². The van der Waals surface area contributed by atoms with Crippen molar-refractivity contribution in [3.05, 3.63) is 59.8 Å². The van der Waals surface area contributed by atoms with Crippen molar-refractivity contribution in [2.24, 2.45) is 4.99 Å². The molecular formula is C24H32N4O2. The van der Waals surface area contributed by atoms with Gasteiger partial charge in [-0.25, -0.2) is 0 Å². The van der Waals surface area contributed by atoms with Gasteiger partial charge in [0, 0.05) is 36.7 Å². The van der Waals surface area contributed by atoms with Gasteiger partial charge < -0.3 is 25.1 Å². The SMILES string of the molecule is CCNC(=NCCCc1c[nH]c2ccccc12)NCCc1ccc(OC)c(OC)c1. The predicted molar refractivity (Wildman–Crippen MR) is 124 cm³/mol. The maximum atomic E-state index is 5.38. The summed E-state index contributed by atoms with van der Waals surface area (Å²) in [6.07, 6.45) is 5.01. The zero-order chi connectivity index (χ0) is 21.2. The Morgan fingerprint density at radius 2 is 1.83 bits per heavy atom. The van der Waals surface area contributed by atoms with E-state index in [0.717, 1.165) is 56.4 Å². The molecule has 0 fully saturated rings. The monoisotopic (exact) mass is 408 g/mol. The second-order valence-corrected chi connectivity index (χ2v) is 7.09. The minimum Gasteiger partial charge on any atom is -0.493 e. The molecule has 1 heterocycles. The third-order valence-corrected chi connectivity index (χ3v) is 5.05. The highest BCUT2D eigenvalue weighted by molar-refractivity contribution is 5.83. The average molecular weight is 409 g/mol. The van der Waals surface area contributed by atoms with Crippen LogP contribution in [0.25, 0.3) is 10.9 Å². The Morgan fingerprint density at radius 1 is 1.00 bits per heavy atom. The highest BCUT2D eigenvalue weighted by Gasteiger charge is 2.05. The molecule has 3 aromatic rings. The molecule has 0 unspecified atom stereocenters. The molecular weight excluding hydrogens is 376 g/mol. The number of ether oxygens (including phenoxy) is 2. The van der Waals surface area contributed by atoms with Crippen molar-refractivity contribution < 1.29 is 9.47 Å². The lowest BCUT2D eigenvalue weighted by molar-refractivity contribution is 0.354. The molecule has 0 amide bonds. The number of hydrogen-bond donors (Lipinski definition) is 3. The molecule has 0 bridgehead atoms. The second-order valence-electron chi connectivity index (χ2n) is 7.09. The van der Waals surface area contributed by atoms with Gasteiger partial charge in [-0.2, -0.15) is 0 Å². The number of hydrogen-bond acceptors (Lipinski definition) is 3. The van der Waals surface area contributed by atoms with Gasteiger partial charge in [0.15, 0.2) is 17.5 Å². The molecule has 0 saturated carbocycles. The van der Waals surface area contributed by atoms with Crippen LogP contribution in [-0.2, 0) is 12.8 Å². The first-order valence-electron chi connectivity index (χ1n) is 10.5. The number of aliphatic imine (C=N–C) groups is 1. The lowest BCUT2D eigenvalue weighted by Crippen LogP contribution is -2.38. The molecule has 6 heteroatoms. The summed E-state index contributed by atoms with van der Waals surface area (Å²) in [4.78, 5) is 8.06. The number of methoxy groups -OCH3 is 2. The number of para-hydroxylation sites is 1. The lowest BCUT2D eigenvalue weighted by atomic mass is 10.1. The van der Waals surface area contributed by atoms with Gasteiger partial charge in [-0.15, -0.1) is 0 Å². The maximum Gasteiger partial charge on any atom is 0.191 e. The fraction of sp³-hybridized carbons (Fsp3) is 0.375. The molecule has 6 nitrogen and oxygen atoms in total. The Labute approximate surface area is 178 Å². The number of rotatable bonds is 10. The Bertz CT molecular complexity index is 965. The summed E-state index contributed by atoms with van der Waals surface area (Å²) in [7, 11) is 3.31. The summed E-state index contributed by atoms with van der Waals surface area (Å²) in [6.45, 7) is 4.50. The molecule has 2 aromatic carbocycles. The molecule has 3 N–H and O–H groups in total. The fourth-order valence-electron chi connectivity index (χ4n) is 3.50. The molecule has 160 valence electrons. The fourth-order valence-corrected chi connectivity index (χ4v) is 3.50. The van der Waals surface area contributed by atoms with Gasteiger partial charge in [0.1, 0.15) is 0 Å². The summed E-state index contributed by atoms with van der Waals surface area (Å²) < 4.78 is 10.7. The molecule has 1 aromatic heterocycles. The van der Waals surface area contributed by atoms with Crippen LogP contribution < -0.4 is 20.1 Å². The van der Waals surface area contributed by atoms with Crippen LogP contribution in [0.2, 0.25) is 0 Å². The van der Waals surface area contributed by atoms with Gasteiger partial charge in [-0.1, -0.05) is 24.3 Å². The summed E-state index contributed by atoms with van der Waals surface area (Å²) in [6, 6.07) is 14.5. The summed E-state index contributed by atoms with van der Waals surface area (Å²) in [5, 5.41) is 8.05. The number of aromatic nitrogens is 1. The smallest absolute Gasteiger partial charge is 0.191 e. The quantitative estimate of drug-likeness (QED) is 0.270. The largest absolute Gasteiger partial charge is 0.493 e. The number of aromatic amines is 1. The third kappa shape index (κ3) is 5.69. The first-order chi connectivity index (χ1) is 14.7. The van der Waals surface area contributed by atoms with Crippen LogP contribution in [0.3, 0.4) is 0 Å². The number of nitrogens with one attached hydrogen (secondary N) is 3. The van der Waals surface area contributed by atoms with Crippen molar-refractivity contribution >= 4 is 16.9 Å². The third-order valence-electron chi connectivity index (χ3n) is 5.05. The van der Waals surface area contributed by atoms with Gasteiger partial charge in [-0.05, 0) is 55.5 Å². The molecule has 0 aliphatic heterocycles. The van der Waals surface area contributed by atoms with Crippen LogP contribution in [0.5, 0.6) is 11.5 Å². The van der Waals surface area contributed by atoms with E-state index in [-0.39, 0.29) is 0 Å². The Morgan fingerprint density at radius 3 is 2.63 bits per heavy atom. The van der Waals surface area contributed by atoms with Crippen LogP contribution in [-0.4, -0.2) is 44.8 Å². The van der Waals surface area contributed by atoms with Gasteiger partial charge in [0.25, 0.3) is 0 Å². The Kier molecular flexibility index (Phi) is 8.01. The zero-order valence-corrected chi connectivity index (χ0v) is 18.1. The predicted octanol–water partition coefficient (Wildman–Crippen LogP) is 3.92. The van der Waals surface area contributed by atoms with Crippen LogP contribution in [0, 0.1) is 0 Å². The van der Waals surface area contributed by atoms with Crippen LogP contribution in [0.15, 0.2) is 53.7 Å². The Hall–Kier alpha value is -3.15. The van der Waals surface area contributed by atoms with E-state index in [4.69, 9.17) is 14.5 Å². The first kappa shape index (κ1) is 21.6. The molecule has 0 atom stereocenters. The molecule has 0 saturated heterocycles. The van der Waals surface area contributed by atoms with Crippen LogP contribution in [0.4, 0.5) is 0 Å². The van der Waals surface area contributed by atoms with Crippen molar-refractivity contribution in [2.45, 2.75) is 26.2 Å². The van der Waals surface area contributed by atoms with E-state index in [0.29, 0.717) is 0 Å². The van der Waals surface area contributed by atoms with Gasteiger partial charge >= 0.3 is 0 Å². The molecule has 3 rings (SSSR count).